The van der Waals surface area contributed by atoms with Gasteiger partial charge in [0.25, 0.3) is 0 Å². The maximum absolute atomic E-state index is 5.89. The zero-order valence-corrected chi connectivity index (χ0v) is 10.9. The van der Waals surface area contributed by atoms with Gasteiger partial charge in [-0.3, -0.25) is 0 Å². The predicted molar refractivity (Wildman–Crippen MR) is 76.3 cm³/mol. The van der Waals surface area contributed by atoms with Crippen LogP contribution >= 0.6 is 0 Å². The van der Waals surface area contributed by atoms with Crippen LogP contribution in [0, 0.1) is 0 Å². The maximum atomic E-state index is 5.89. The molecule has 2 heteroatoms. The molecule has 2 rings (SSSR count). The fraction of sp³-hybridized carbons (Fsp3) is 0.250. The third kappa shape index (κ3) is 3.27. The van der Waals surface area contributed by atoms with Gasteiger partial charge in [-0.1, -0.05) is 37.3 Å². The van der Waals surface area contributed by atoms with Gasteiger partial charge in [-0.15, -0.1) is 0 Å². The van der Waals surface area contributed by atoms with E-state index in [0.717, 1.165) is 23.6 Å². The smallest absolute Gasteiger partial charge is 0.150 e. The third-order valence-electron chi connectivity index (χ3n) is 2.87. The number of rotatable bonds is 5. The summed E-state index contributed by atoms with van der Waals surface area (Å²) in [5.74, 6) is 1.72. The van der Waals surface area contributed by atoms with Crippen LogP contribution in [0.15, 0.2) is 54.6 Å². The molecule has 0 amide bonds. The van der Waals surface area contributed by atoms with Gasteiger partial charge in [0.15, 0.2) is 5.75 Å². The normalized spacial score (nSPS) is 11.9. The highest BCUT2D eigenvalue weighted by molar-refractivity contribution is 5.57. The molecular formula is C16H19NO. The number of anilines is 1. The van der Waals surface area contributed by atoms with E-state index >= 15 is 0 Å². The van der Waals surface area contributed by atoms with Crippen LogP contribution in [0.5, 0.6) is 11.5 Å². The van der Waals surface area contributed by atoms with Crippen LogP contribution in [-0.2, 0) is 0 Å². The minimum absolute atomic E-state index is 0.436. The highest BCUT2D eigenvalue weighted by Crippen LogP contribution is 2.29. The SMILES string of the molecule is CCC(C)Nc1ccccc1Oc1ccccc1. The molecule has 2 aromatic carbocycles. The monoisotopic (exact) mass is 241 g/mol. The van der Waals surface area contributed by atoms with Gasteiger partial charge >= 0.3 is 0 Å². The van der Waals surface area contributed by atoms with Crippen molar-refractivity contribution in [2.75, 3.05) is 5.32 Å². The summed E-state index contributed by atoms with van der Waals surface area (Å²) in [4.78, 5) is 0. The van der Waals surface area contributed by atoms with Crippen molar-refractivity contribution in [1.29, 1.82) is 0 Å². The van der Waals surface area contributed by atoms with Crippen molar-refractivity contribution in [3.05, 3.63) is 54.6 Å². The molecule has 0 aliphatic rings. The van der Waals surface area contributed by atoms with Crippen LogP contribution < -0.4 is 10.1 Å². The lowest BCUT2D eigenvalue weighted by atomic mass is 10.2. The molecule has 1 atom stereocenters. The summed E-state index contributed by atoms with van der Waals surface area (Å²) in [5, 5.41) is 3.46. The molecule has 18 heavy (non-hydrogen) atoms. The zero-order valence-electron chi connectivity index (χ0n) is 10.9. The summed E-state index contributed by atoms with van der Waals surface area (Å²) in [6.07, 6.45) is 1.08. The van der Waals surface area contributed by atoms with E-state index in [2.05, 4.69) is 19.2 Å². The Hall–Kier alpha value is -1.96. The Bertz CT molecular complexity index is 481. The first-order chi connectivity index (χ1) is 8.79. The summed E-state index contributed by atoms with van der Waals surface area (Å²) >= 11 is 0. The summed E-state index contributed by atoms with van der Waals surface area (Å²) in [6, 6.07) is 18.3. The molecular weight excluding hydrogens is 222 g/mol. The van der Waals surface area contributed by atoms with Crippen LogP contribution in [0.1, 0.15) is 20.3 Å². The molecule has 2 nitrogen and oxygen atoms in total. The Balaban J connectivity index is 2.17. The first kappa shape index (κ1) is 12.5. The molecule has 2 aromatic rings. The lowest BCUT2D eigenvalue weighted by molar-refractivity contribution is 0.483. The Kier molecular flexibility index (Phi) is 4.24. The van der Waals surface area contributed by atoms with Gasteiger partial charge in [0.05, 0.1) is 5.69 Å². The fourth-order valence-corrected chi connectivity index (χ4v) is 1.66. The number of hydrogen-bond acceptors (Lipinski definition) is 2. The second kappa shape index (κ2) is 6.10. The lowest BCUT2D eigenvalue weighted by Crippen LogP contribution is -2.13. The van der Waals surface area contributed by atoms with Gasteiger partial charge in [0.1, 0.15) is 5.75 Å². The van der Waals surface area contributed by atoms with Gasteiger partial charge in [0.2, 0.25) is 0 Å². The fourth-order valence-electron chi connectivity index (χ4n) is 1.66. The van der Waals surface area contributed by atoms with E-state index in [9.17, 15) is 0 Å². The minimum Gasteiger partial charge on any atom is -0.455 e. The van der Waals surface area contributed by atoms with Gasteiger partial charge in [-0.05, 0) is 37.6 Å². The van der Waals surface area contributed by atoms with Gasteiger partial charge in [-0.2, -0.15) is 0 Å². The Morgan fingerprint density at radius 1 is 1.00 bits per heavy atom. The molecule has 0 saturated heterocycles. The average molecular weight is 241 g/mol. The third-order valence-corrected chi connectivity index (χ3v) is 2.87. The number of hydrogen-bond donors (Lipinski definition) is 1. The van der Waals surface area contributed by atoms with Crippen molar-refractivity contribution < 1.29 is 4.74 Å². The average Bonchev–Trinajstić information content (AvgIpc) is 2.42. The van der Waals surface area contributed by atoms with Crippen molar-refractivity contribution >= 4 is 5.69 Å². The van der Waals surface area contributed by atoms with E-state index in [1.54, 1.807) is 0 Å². The molecule has 0 saturated carbocycles. The molecule has 0 spiro atoms. The number of para-hydroxylation sites is 3. The minimum atomic E-state index is 0.436. The topological polar surface area (TPSA) is 21.3 Å². The van der Waals surface area contributed by atoms with E-state index in [1.807, 2.05) is 54.6 Å². The van der Waals surface area contributed by atoms with Crippen molar-refractivity contribution in [3.8, 4) is 11.5 Å². The Labute approximate surface area is 109 Å². The maximum Gasteiger partial charge on any atom is 0.150 e. The second-order valence-corrected chi connectivity index (χ2v) is 4.36. The molecule has 0 aromatic heterocycles. The van der Waals surface area contributed by atoms with Crippen molar-refractivity contribution in [3.63, 3.8) is 0 Å². The first-order valence-electron chi connectivity index (χ1n) is 6.38. The highest BCUT2D eigenvalue weighted by Gasteiger charge is 2.06. The number of ether oxygens (including phenoxy) is 1. The summed E-state index contributed by atoms with van der Waals surface area (Å²) in [7, 11) is 0. The van der Waals surface area contributed by atoms with Gasteiger partial charge in [0, 0.05) is 6.04 Å². The van der Waals surface area contributed by atoms with Crippen LogP contribution in [0.25, 0.3) is 0 Å². The van der Waals surface area contributed by atoms with Crippen molar-refractivity contribution in [2.45, 2.75) is 26.3 Å². The molecule has 0 aliphatic heterocycles. The highest BCUT2D eigenvalue weighted by atomic mass is 16.5. The molecule has 1 unspecified atom stereocenters. The van der Waals surface area contributed by atoms with Crippen LogP contribution in [-0.4, -0.2) is 6.04 Å². The van der Waals surface area contributed by atoms with Crippen LogP contribution in [0.4, 0.5) is 5.69 Å². The van der Waals surface area contributed by atoms with E-state index in [4.69, 9.17) is 4.74 Å². The van der Waals surface area contributed by atoms with E-state index < -0.39 is 0 Å². The first-order valence-corrected chi connectivity index (χ1v) is 6.38. The van der Waals surface area contributed by atoms with E-state index in [0.29, 0.717) is 6.04 Å². The van der Waals surface area contributed by atoms with Crippen LogP contribution in [0.2, 0.25) is 0 Å². The second-order valence-electron chi connectivity index (χ2n) is 4.36. The molecule has 94 valence electrons. The Morgan fingerprint density at radius 2 is 1.67 bits per heavy atom. The van der Waals surface area contributed by atoms with Crippen LogP contribution in [0.3, 0.4) is 0 Å². The van der Waals surface area contributed by atoms with Gasteiger partial charge < -0.3 is 10.1 Å². The Morgan fingerprint density at radius 3 is 2.39 bits per heavy atom. The standard InChI is InChI=1S/C16H19NO/c1-3-13(2)17-15-11-7-8-12-16(15)18-14-9-5-4-6-10-14/h4-13,17H,3H2,1-2H3. The van der Waals surface area contributed by atoms with Crippen molar-refractivity contribution in [1.82, 2.24) is 0 Å². The number of benzene rings is 2. The molecule has 0 fully saturated rings. The molecule has 1 N–H and O–H groups in total. The summed E-state index contributed by atoms with van der Waals surface area (Å²) in [5.41, 5.74) is 1.04. The summed E-state index contributed by atoms with van der Waals surface area (Å²) < 4.78 is 5.89. The quantitative estimate of drug-likeness (QED) is 0.820. The van der Waals surface area contributed by atoms with Crippen molar-refractivity contribution in [2.24, 2.45) is 0 Å². The largest absolute Gasteiger partial charge is 0.455 e. The summed E-state index contributed by atoms with van der Waals surface area (Å²) in [6.45, 7) is 4.33. The zero-order chi connectivity index (χ0) is 12.8. The molecule has 0 bridgehead atoms. The molecule has 0 aliphatic carbocycles. The molecule has 0 heterocycles. The molecule has 0 radical (unpaired) electrons. The van der Waals surface area contributed by atoms with E-state index in [1.165, 1.54) is 0 Å². The van der Waals surface area contributed by atoms with Gasteiger partial charge in [-0.25, -0.2) is 0 Å². The van der Waals surface area contributed by atoms with E-state index in [-0.39, 0.29) is 0 Å². The number of nitrogens with one attached hydrogen (secondary N) is 1. The predicted octanol–water partition coefficient (Wildman–Crippen LogP) is 4.69. The lowest BCUT2D eigenvalue weighted by Gasteiger charge is -2.16.